The molecule has 1 amide bonds. The minimum Gasteiger partial charge on any atom is -0.317 e. The number of carbonyl (C=O) groups is 1. The standard InChI is InChI=1S/C12H18N4O3S2/c1-2-21(18,19)9-7-20-6-5-16(9)12(17)11-13-10(14-15-11)8-3-4-8/h8-9H,2-7H2,1H3,(H,13,14,15). The van der Waals surface area contributed by atoms with Crippen LogP contribution in [0.1, 0.15) is 42.1 Å². The maximum atomic E-state index is 12.5. The second kappa shape index (κ2) is 5.60. The summed E-state index contributed by atoms with van der Waals surface area (Å²) in [7, 11) is -3.30. The Morgan fingerprint density at radius 3 is 2.90 bits per heavy atom. The van der Waals surface area contributed by atoms with Crippen molar-refractivity contribution in [2.75, 3.05) is 23.8 Å². The van der Waals surface area contributed by atoms with Crippen LogP contribution in [-0.2, 0) is 9.84 Å². The van der Waals surface area contributed by atoms with E-state index in [0.29, 0.717) is 18.2 Å². The van der Waals surface area contributed by atoms with Crippen molar-refractivity contribution in [3.05, 3.63) is 11.6 Å². The number of H-pyrrole nitrogens is 1. The van der Waals surface area contributed by atoms with E-state index in [1.807, 2.05) is 0 Å². The van der Waals surface area contributed by atoms with Gasteiger partial charge in [-0.25, -0.2) is 13.4 Å². The van der Waals surface area contributed by atoms with Gasteiger partial charge < -0.3 is 4.90 Å². The quantitative estimate of drug-likeness (QED) is 0.870. The molecule has 9 heteroatoms. The second-order valence-electron chi connectivity index (χ2n) is 5.30. The Morgan fingerprint density at radius 2 is 2.24 bits per heavy atom. The fourth-order valence-corrected chi connectivity index (χ4v) is 5.31. The summed E-state index contributed by atoms with van der Waals surface area (Å²) in [6.07, 6.45) is 2.13. The molecule has 0 aromatic carbocycles. The number of aromatic nitrogens is 3. The number of rotatable bonds is 4. The van der Waals surface area contributed by atoms with Crippen molar-refractivity contribution in [1.82, 2.24) is 20.1 Å². The highest BCUT2D eigenvalue weighted by Crippen LogP contribution is 2.37. The van der Waals surface area contributed by atoms with Gasteiger partial charge in [0.2, 0.25) is 5.82 Å². The molecule has 2 heterocycles. The van der Waals surface area contributed by atoms with Gasteiger partial charge in [0, 0.05) is 29.7 Å². The van der Waals surface area contributed by atoms with Crippen molar-refractivity contribution >= 4 is 27.5 Å². The Balaban J connectivity index is 1.83. The highest BCUT2D eigenvalue weighted by molar-refractivity contribution is 8.01. The monoisotopic (exact) mass is 330 g/mol. The van der Waals surface area contributed by atoms with E-state index >= 15 is 0 Å². The zero-order valence-electron chi connectivity index (χ0n) is 11.8. The molecule has 0 radical (unpaired) electrons. The lowest BCUT2D eigenvalue weighted by molar-refractivity contribution is 0.0737. The van der Waals surface area contributed by atoms with Crippen LogP contribution in [0.25, 0.3) is 0 Å². The van der Waals surface area contributed by atoms with E-state index in [0.717, 1.165) is 24.4 Å². The first-order chi connectivity index (χ1) is 10.0. The van der Waals surface area contributed by atoms with Crippen LogP contribution in [0, 0.1) is 0 Å². The van der Waals surface area contributed by atoms with Gasteiger partial charge in [0.15, 0.2) is 9.84 Å². The molecule has 1 aromatic rings. The first kappa shape index (κ1) is 14.8. The lowest BCUT2D eigenvalue weighted by atomic mass is 10.4. The average molecular weight is 330 g/mol. The van der Waals surface area contributed by atoms with Crippen molar-refractivity contribution in [2.24, 2.45) is 0 Å². The van der Waals surface area contributed by atoms with Crippen molar-refractivity contribution in [3.8, 4) is 0 Å². The van der Waals surface area contributed by atoms with Crippen molar-refractivity contribution < 1.29 is 13.2 Å². The topological polar surface area (TPSA) is 96.0 Å². The molecule has 2 fully saturated rings. The Labute approximate surface area is 127 Å². The van der Waals surface area contributed by atoms with E-state index in [1.165, 1.54) is 4.90 Å². The largest absolute Gasteiger partial charge is 0.317 e. The molecule has 1 saturated heterocycles. The maximum Gasteiger partial charge on any atom is 0.294 e. The number of amides is 1. The summed E-state index contributed by atoms with van der Waals surface area (Å²) in [4.78, 5) is 18.2. The van der Waals surface area contributed by atoms with E-state index in [-0.39, 0.29) is 17.5 Å². The number of thioether (sulfide) groups is 1. The number of hydrogen-bond acceptors (Lipinski definition) is 6. The van der Waals surface area contributed by atoms with Crippen LogP contribution in [-0.4, -0.2) is 63.6 Å². The first-order valence-corrected chi connectivity index (χ1v) is 9.92. The number of hydrogen-bond donors (Lipinski definition) is 1. The number of sulfone groups is 1. The summed E-state index contributed by atoms with van der Waals surface area (Å²) < 4.78 is 24.3. The fourth-order valence-electron chi connectivity index (χ4n) is 2.34. The van der Waals surface area contributed by atoms with Gasteiger partial charge in [0.1, 0.15) is 11.2 Å². The van der Waals surface area contributed by atoms with Gasteiger partial charge in [-0.1, -0.05) is 6.92 Å². The van der Waals surface area contributed by atoms with Gasteiger partial charge in [-0.05, 0) is 12.8 Å². The molecule has 1 N–H and O–H groups in total. The summed E-state index contributed by atoms with van der Waals surface area (Å²) >= 11 is 1.56. The Bertz CT molecular complexity index is 639. The van der Waals surface area contributed by atoms with Crippen molar-refractivity contribution in [1.29, 1.82) is 0 Å². The normalized spacial score (nSPS) is 23.3. The first-order valence-electron chi connectivity index (χ1n) is 7.05. The summed E-state index contributed by atoms with van der Waals surface area (Å²) in [5.74, 6) is 2.00. The third kappa shape index (κ3) is 2.94. The highest BCUT2D eigenvalue weighted by Gasteiger charge is 2.38. The van der Waals surface area contributed by atoms with Gasteiger partial charge in [0.25, 0.3) is 5.91 Å². The maximum absolute atomic E-state index is 12.5. The van der Waals surface area contributed by atoms with Crippen LogP contribution in [0.5, 0.6) is 0 Å². The summed E-state index contributed by atoms with van der Waals surface area (Å²) in [6.45, 7) is 2.02. The molecule has 116 valence electrons. The van der Waals surface area contributed by atoms with E-state index in [4.69, 9.17) is 0 Å². The Hall–Kier alpha value is -1.09. The molecule has 0 bridgehead atoms. The molecule has 1 atom stereocenters. The molecule has 7 nitrogen and oxygen atoms in total. The second-order valence-corrected chi connectivity index (χ2v) is 8.90. The molecule has 1 unspecified atom stereocenters. The molecule has 1 aliphatic heterocycles. The molecule has 1 aromatic heterocycles. The minimum absolute atomic E-state index is 0.0311. The molecule has 2 aliphatic rings. The highest BCUT2D eigenvalue weighted by atomic mass is 32.2. The molecule has 3 rings (SSSR count). The van der Waals surface area contributed by atoms with Crippen LogP contribution in [0.2, 0.25) is 0 Å². The summed E-state index contributed by atoms with van der Waals surface area (Å²) in [5.41, 5.74) is 0. The number of carbonyl (C=O) groups excluding carboxylic acids is 1. The van der Waals surface area contributed by atoms with E-state index in [1.54, 1.807) is 18.7 Å². The lowest BCUT2D eigenvalue weighted by Gasteiger charge is -2.33. The number of nitrogens with one attached hydrogen (secondary N) is 1. The van der Waals surface area contributed by atoms with E-state index in [2.05, 4.69) is 15.2 Å². The number of aromatic amines is 1. The van der Waals surface area contributed by atoms with Crippen LogP contribution in [0.3, 0.4) is 0 Å². The smallest absolute Gasteiger partial charge is 0.294 e. The lowest BCUT2D eigenvalue weighted by Crippen LogP contribution is -2.50. The average Bonchev–Trinajstić information content (AvgIpc) is 3.24. The zero-order valence-corrected chi connectivity index (χ0v) is 13.4. The summed E-state index contributed by atoms with van der Waals surface area (Å²) in [5, 5.41) is 5.99. The van der Waals surface area contributed by atoms with Crippen LogP contribution < -0.4 is 0 Å². The van der Waals surface area contributed by atoms with Crippen LogP contribution in [0.4, 0.5) is 0 Å². The molecular weight excluding hydrogens is 312 g/mol. The summed E-state index contributed by atoms with van der Waals surface area (Å²) in [6, 6.07) is 0. The van der Waals surface area contributed by atoms with Crippen molar-refractivity contribution in [3.63, 3.8) is 0 Å². The fraction of sp³-hybridized carbons (Fsp3) is 0.750. The molecular formula is C12H18N4O3S2. The Morgan fingerprint density at radius 1 is 1.48 bits per heavy atom. The molecule has 1 saturated carbocycles. The van der Waals surface area contributed by atoms with Crippen LogP contribution >= 0.6 is 11.8 Å². The third-order valence-corrected chi connectivity index (χ3v) is 7.11. The number of nitrogens with zero attached hydrogens (tertiary/aromatic N) is 3. The van der Waals surface area contributed by atoms with Gasteiger partial charge >= 0.3 is 0 Å². The van der Waals surface area contributed by atoms with Gasteiger partial charge in [0.05, 0.1) is 0 Å². The minimum atomic E-state index is -3.30. The predicted molar refractivity (Wildman–Crippen MR) is 80.0 cm³/mol. The predicted octanol–water partition coefficient (Wildman–Crippen LogP) is 0.632. The van der Waals surface area contributed by atoms with E-state index in [9.17, 15) is 13.2 Å². The van der Waals surface area contributed by atoms with Gasteiger partial charge in [-0.3, -0.25) is 9.89 Å². The molecule has 21 heavy (non-hydrogen) atoms. The van der Waals surface area contributed by atoms with Gasteiger partial charge in [-0.15, -0.1) is 5.10 Å². The van der Waals surface area contributed by atoms with Crippen LogP contribution in [0.15, 0.2) is 0 Å². The van der Waals surface area contributed by atoms with E-state index < -0.39 is 15.2 Å². The molecule has 1 aliphatic carbocycles. The van der Waals surface area contributed by atoms with Crippen molar-refractivity contribution in [2.45, 2.75) is 31.1 Å². The SMILES string of the molecule is CCS(=O)(=O)C1CSCCN1C(=O)c1n[nH]c(C2CC2)n1. The third-order valence-electron chi connectivity index (χ3n) is 3.82. The van der Waals surface area contributed by atoms with Gasteiger partial charge in [-0.2, -0.15) is 11.8 Å². The zero-order chi connectivity index (χ0) is 15.0. The molecule has 0 spiro atoms. The Kier molecular flexibility index (Phi) is 3.96.